The minimum absolute atomic E-state index is 0.0760. The Bertz CT molecular complexity index is 932. The molecule has 0 atom stereocenters. The molecule has 1 heterocycles. The third-order valence-electron chi connectivity index (χ3n) is 4.79. The lowest BCUT2D eigenvalue weighted by Crippen LogP contribution is -2.48. The highest BCUT2D eigenvalue weighted by Crippen LogP contribution is 2.21. The number of nitriles is 1. The van der Waals surface area contributed by atoms with E-state index >= 15 is 0 Å². The predicted octanol–water partition coefficient (Wildman–Crippen LogP) is 2.64. The van der Waals surface area contributed by atoms with Crippen molar-refractivity contribution in [1.82, 2.24) is 9.21 Å². The van der Waals surface area contributed by atoms with E-state index in [0.29, 0.717) is 26.2 Å². The smallest absolute Gasteiger partial charge is 0.244 e. The first-order valence-electron chi connectivity index (χ1n) is 8.97. The van der Waals surface area contributed by atoms with Crippen LogP contribution in [0.5, 0.6) is 0 Å². The van der Waals surface area contributed by atoms with E-state index < -0.39 is 10.0 Å². The highest BCUT2D eigenvalue weighted by Gasteiger charge is 2.29. The topological polar surface area (TPSA) is 64.4 Å². The molecule has 0 radical (unpaired) electrons. The van der Waals surface area contributed by atoms with Gasteiger partial charge in [0.2, 0.25) is 10.0 Å². The molecule has 0 bridgehead atoms. The fourth-order valence-electron chi connectivity index (χ4n) is 3.32. The van der Waals surface area contributed by atoms with Gasteiger partial charge in [0.1, 0.15) is 11.9 Å². The molecule has 1 saturated heterocycles. The van der Waals surface area contributed by atoms with Gasteiger partial charge in [0.25, 0.3) is 0 Å². The SMILES string of the molecule is N#Cc1ccccc1S(=O)(=O)N1CCN(CCCc2cccc(F)c2)CC1. The highest BCUT2D eigenvalue weighted by atomic mass is 32.2. The van der Waals surface area contributed by atoms with E-state index in [0.717, 1.165) is 24.9 Å². The van der Waals surface area contributed by atoms with E-state index in [1.807, 2.05) is 12.1 Å². The predicted molar refractivity (Wildman–Crippen MR) is 101 cm³/mol. The van der Waals surface area contributed by atoms with Crippen LogP contribution in [0.15, 0.2) is 53.4 Å². The van der Waals surface area contributed by atoms with Gasteiger partial charge in [0, 0.05) is 26.2 Å². The second-order valence-electron chi connectivity index (χ2n) is 6.59. The second kappa shape index (κ2) is 8.61. The molecule has 2 aromatic rings. The van der Waals surface area contributed by atoms with Crippen LogP contribution in [0.1, 0.15) is 17.5 Å². The number of benzene rings is 2. The Morgan fingerprint density at radius 1 is 1.04 bits per heavy atom. The Morgan fingerprint density at radius 2 is 1.78 bits per heavy atom. The van der Waals surface area contributed by atoms with Crippen LogP contribution < -0.4 is 0 Å². The molecular formula is C20H22FN3O2S. The second-order valence-corrected chi connectivity index (χ2v) is 8.49. The van der Waals surface area contributed by atoms with E-state index in [1.54, 1.807) is 24.3 Å². The zero-order valence-corrected chi connectivity index (χ0v) is 15.8. The molecular weight excluding hydrogens is 365 g/mol. The fraction of sp³-hybridized carbons (Fsp3) is 0.350. The van der Waals surface area contributed by atoms with Gasteiger partial charge in [0.05, 0.1) is 10.5 Å². The summed E-state index contributed by atoms with van der Waals surface area (Å²) in [7, 11) is -3.65. The largest absolute Gasteiger partial charge is 0.301 e. The summed E-state index contributed by atoms with van der Waals surface area (Å²) < 4.78 is 40.3. The van der Waals surface area contributed by atoms with Crippen molar-refractivity contribution < 1.29 is 12.8 Å². The van der Waals surface area contributed by atoms with Crippen molar-refractivity contribution in [2.75, 3.05) is 32.7 Å². The third-order valence-corrected chi connectivity index (χ3v) is 6.74. The molecule has 142 valence electrons. The maximum absolute atomic E-state index is 13.2. The van der Waals surface area contributed by atoms with E-state index in [1.165, 1.54) is 22.5 Å². The van der Waals surface area contributed by atoms with Crippen LogP contribution in [0.3, 0.4) is 0 Å². The summed E-state index contributed by atoms with van der Waals surface area (Å²) in [6.45, 7) is 2.96. The molecule has 0 unspecified atom stereocenters. The molecule has 2 aromatic carbocycles. The van der Waals surface area contributed by atoms with Gasteiger partial charge in [0.15, 0.2) is 0 Å². The van der Waals surface area contributed by atoms with Gasteiger partial charge in [-0.3, -0.25) is 0 Å². The molecule has 3 rings (SSSR count). The molecule has 0 amide bonds. The Kier molecular flexibility index (Phi) is 6.22. The first kappa shape index (κ1) is 19.5. The van der Waals surface area contributed by atoms with Crippen LogP contribution in [-0.2, 0) is 16.4 Å². The minimum Gasteiger partial charge on any atom is -0.301 e. The van der Waals surface area contributed by atoms with Crippen LogP contribution in [0.25, 0.3) is 0 Å². The summed E-state index contributed by atoms with van der Waals surface area (Å²) in [5.41, 5.74) is 1.15. The Balaban J connectivity index is 1.53. The van der Waals surface area contributed by atoms with Gasteiger partial charge in [-0.1, -0.05) is 24.3 Å². The fourth-order valence-corrected chi connectivity index (χ4v) is 4.88. The van der Waals surface area contributed by atoms with E-state index in [4.69, 9.17) is 5.26 Å². The normalized spacial score (nSPS) is 16.1. The van der Waals surface area contributed by atoms with Gasteiger partial charge in [-0.2, -0.15) is 9.57 Å². The number of halogens is 1. The average molecular weight is 387 g/mol. The number of aryl methyl sites for hydroxylation is 1. The zero-order valence-electron chi connectivity index (χ0n) is 15.0. The summed E-state index contributed by atoms with van der Waals surface area (Å²) >= 11 is 0. The molecule has 1 aliphatic rings. The Hall–Kier alpha value is -2.27. The van der Waals surface area contributed by atoms with Gasteiger partial charge < -0.3 is 4.90 Å². The maximum Gasteiger partial charge on any atom is 0.244 e. The van der Waals surface area contributed by atoms with Crippen molar-refractivity contribution in [3.05, 3.63) is 65.5 Å². The number of rotatable bonds is 6. The molecule has 0 aromatic heterocycles. The highest BCUT2D eigenvalue weighted by molar-refractivity contribution is 7.89. The molecule has 27 heavy (non-hydrogen) atoms. The molecule has 5 nitrogen and oxygen atoms in total. The zero-order chi connectivity index (χ0) is 19.3. The molecule has 1 aliphatic heterocycles. The number of piperazine rings is 1. The summed E-state index contributed by atoms with van der Waals surface area (Å²) in [4.78, 5) is 2.30. The molecule has 0 saturated carbocycles. The minimum atomic E-state index is -3.65. The molecule has 0 aliphatic carbocycles. The lowest BCUT2D eigenvalue weighted by Gasteiger charge is -2.34. The molecule has 0 spiro atoms. The lowest BCUT2D eigenvalue weighted by molar-refractivity contribution is 0.187. The van der Waals surface area contributed by atoms with Crippen LogP contribution in [-0.4, -0.2) is 50.3 Å². The monoisotopic (exact) mass is 387 g/mol. The van der Waals surface area contributed by atoms with Gasteiger partial charge in [-0.15, -0.1) is 0 Å². The number of nitrogens with zero attached hydrogens (tertiary/aromatic N) is 3. The number of hydrogen-bond acceptors (Lipinski definition) is 4. The third kappa shape index (κ3) is 4.72. The summed E-state index contributed by atoms with van der Waals surface area (Å²) in [6, 6.07) is 14.9. The van der Waals surface area contributed by atoms with Crippen molar-refractivity contribution >= 4 is 10.0 Å². The lowest BCUT2D eigenvalue weighted by atomic mass is 10.1. The number of hydrogen-bond donors (Lipinski definition) is 0. The van der Waals surface area contributed by atoms with Crippen LogP contribution in [0, 0.1) is 17.1 Å². The van der Waals surface area contributed by atoms with E-state index in [2.05, 4.69) is 4.90 Å². The Morgan fingerprint density at radius 3 is 2.48 bits per heavy atom. The quantitative estimate of drug-likeness (QED) is 0.764. The molecule has 1 fully saturated rings. The van der Waals surface area contributed by atoms with Crippen LogP contribution in [0.4, 0.5) is 4.39 Å². The van der Waals surface area contributed by atoms with Crippen LogP contribution >= 0.6 is 0 Å². The van der Waals surface area contributed by atoms with E-state index in [-0.39, 0.29) is 16.3 Å². The van der Waals surface area contributed by atoms with Crippen molar-refractivity contribution in [3.8, 4) is 6.07 Å². The van der Waals surface area contributed by atoms with Crippen molar-refractivity contribution in [3.63, 3.8) is 0 Å². The average Bonchev–Trinajstić information content (AvgIpc) is 2.68. The summed E-state index contributed by atoms with van der Waals surface area (Å²) in [6.07, 6.45) is 1.69. The van der Waals surface area contributed by atoms with Crippen molar-refractivity contribution in [2.45, 2.75) is 17.7 Å². The molecule has 7 heteroatoms. The summed E-state index contributed by atoms with van der Waals surface area (Å²) in [5, 5.41) is 9.17. The van der Waals surface area contributed by atoms with E-state index in [9.17, 15) is 12.8 Å². The van der Waals surface area contributed by atoms with Gasteiger partial charge >= 0.3 is 0 Å². The van der Waals surface area contributed by atoms with Crippen LogP contribution in [0.2, 0.25) is 0 Å². The van der Waals surface area contributed by atoms with Gasteiger partial charge in [-0.05, 0) is 49.2 Å². The molecule has 0 N–H and O–H groups in total. The first-order valence-corrected chi connectivity index (χ1v) is 10.4. The van der Waals surface area contributed by atoms with Gasteiger partial charge in [-0.25, -0.2) is 12.8 Å². The van der Waals surface area contributed by atoms with Crippen molar-refractivity contribution in [2.24, 2.45) is 0 Å². The Labute approximate surface area is 159 Å². The standard InChI is InChI=1S/C20H22FN3O2S/c21-19-8-3-5-17(15-19)6-4-10-23-11-13-24(14-12-23)27(25,26)20-9-2-1-7-18(20)16-22/h1-3,5,7-9,15H,4,6,10-14H2. The van der Waals surface area contributed by atoms with Crippen molar-refractivity contribution in [1.29, 1.82) is 5.26 Å². The maximum atomic E-state index is 13.2. The summed E-state index contributed by atoms with van der Waals surface area (Å²) in [5.74, 6) is -0.219. The number of sulfonamides is 1. The first-order chi connectivity index (χ1) is 13.0.